The summed E-state index contributed by atoms with van der Waals surface area (Å²) in [6, 6.07) is 0. The molecule has 2 aromatic rings. The molecule has 3 heterocycles. The van der Waals surface area contributed by atoms with E-state index < -0.39 is 83.4 Å². The minimum absolute atomic E-state index is 0. The number of aromatic amines is 1. The Morgan fingerprint density at radius 3 is 2.39 bits per heavy atom. The van der Waals surface area contributed by atoms with Crippen LogP contribution in [0.4, 0.5) is 5.95 Å². The molecule has 0 radical (unpaired) electrons. The number of hydrogen-bond acceptors (Lipinski definition) is 19. The zero-order chi connectivity index (χ0) is 29.3. The van der Waals surface area contributed by atoms with Crippen LogP contribution in [-0.4, -0.2) is 112 Å². The molecule has 0 bridgehead atoms. The third-order valence-electron chi connectivity index (χ3n) is 5.32. The fourth-order valence-corrected chi connectivity index (χ4v) is 5.69. The van der Waals surface area contributed by atoms with Gasteiger partial charge in [0.05, 0.1) is 27.4 Å². The molecule has 9 atom stereocenters. The Morgan fingerprint density at radius 1 is 1.20 bits per heavy atom. The van der Waals surface area contributed by atoms with Gasteiger partial charge in [-0.2, -0.15) is 4.98 Å². The smallest absolute Gasteiger partial charge is 0.789 e. The van der Waals surface area contributed by atoms with Gasteiger partial charge in [0.2, 0.25) is 5.95 Å². The van der Waals surface area contributed by atoms with E-state index >= 15 is 0 Å². The van der Waals surface area contributed by atoms with Gasteiger partial charge in [-0.05, 0) is 0 Å². The molecule has 0 aromatic carbocycles. The molecule has 1 aliphatic heterocycles. The number of nitrogen functional groups attached to an aromatic ring is 1. The Bertz CT molecular complexity index is 1330. The second-order valence-corrected chi connectivity index (χ2v) is 10.9. The summed E-state index contributed by atoms with van der Waals surface area (Å²) in [5.41, 5.74) is 4.40. The number of aldehydes is 1. The minimum atomic E-state index is -6.17. The van der Waals surface area contributed by atoms with Crippen LogP contribution in [0.5, 0.6) is 0 Å². The molecule has 0 amide bonds. The first-order valence-corrected chi connectivity index (χ1v) is 13.5. The van der Waals surface area contributed by atoms with Crippen molar-refractivity contribution in [3.63, 3.8) is 0 Å². The first-order valence-electron chi connectivity index (χ1n) is 10.6. The van der Waals surface area contributed by atoms with Crippen molar-refractivity contribution in [3.8, 4) is 0 Å². The van der Waals surface area contributed by atoms with Gasteiger partial charge in [0.25, 0.3) is 5.56 Å². The quantitative estimate of drug-likeness (QED) is 0.0567. The van der Waals surface area contributed by atoms with Crippen molar-refractivity contribution in [2.24, 2.45) is 0 Å². The van der Waals surface area contributed by atoms with Crippen LogP contribution >= 0.6 is 15.6 Å². The molecule has 2 aromatic heterocycles. The van der Waals surface area contributed by atoms with Gasteiger partial charge < -0.3 is 60.3 Å². The maximum Gasteiger partial charge on any atom is 1.00 e. The normalized spacial score (nSPS) is 25.4. The number of phosphoric ester groups is 1. The largest absolute Gasteiger partial charge is 1.00 e. The molecule has 25 heteroatoms. The number of nitrogens with two attached hydrogens (primary N) is 1. The zero-order valence-corrected chi connectivity index (χ0v) is 27.1. The summed E-state index contributed by atoms with van der Waals surface area (Å²) in [6.45, 7) is -2.46. The summed E-state index contributed by atoms with van der Waals surface area (Å²) in [5, 5.41) is 59.3. The van der Waals surface area contributed by atoms with E-state index in [1.165, 1.54) is 0 Å². The van der Waals surface area contributed by atoms with Crippen molar-refractivity contribution in [2.75, 3.05) is 18.9 Å². The van der Waals surface area contributed by atoms with E-state index in [1.807, 2.05) is 0 Å². The number of rotatable bonds is 13. The van der Waals surface area contributed by atoms with Crippen molar-refractivity contribution < 1.29 is 132 Å². The second kappa shape index (κ2) is 15.7. The van der Waals surface area contributed by atoms with Crippen LogP contribution in [0, 0.1) is 0 Å². The maximum atomic E-state index is 12.9. The summed E-state index contributed by atoms with van der Waals surface area (Å²) in [4.78, 5) is 54.8. The molecule has 21 nitrogen and oxygen atoms in total. The topological polar surface area (TPSA) is 345 Å². The van der Waals surface area contributed by atoms with E-state index in [-0.39, 0.29) is 82.5 Å². The number of nitrogens with zero attached hydrogens (tertiary/aromatic N) is 3. The van der Waals surface area contributed by atoms with Crippen molar-refractivity contribution in [2.45, 2.75) is 49.0 Å². The van der Waals surface area contributed by atoms with Gasteiger partial charge in [0.15, 0.2) is 23.7 Å². The van der Waals surface area contributed by atoms with Gasteiger partial charge in [-0.3, -0.25) is 27.7 Å². The predicted octanol–water partition coefficient (Wildman–Crippen LogP) is -12.0. The van der Waals surface area contributed by atoms with Crippen molar-refractivity contribution >= 4 is 39.0 Å². The molecule has 220 valence electrons. The number of aliphatic hydroxyl groups is 6. The summed E-state index contributed by atoms with van der Waals surface area (Å²) in [6.07, 6.45) is -15.2. The van der Waals surface area contributed by atoms with Crippen LogP contribution in [0.2, 0.25) is 0 Å². The Balaban J connectivity index is 0.00000420. The summed E-state index contributed by atoms with van der Waals surface area (Å²) < 4.78 is 43.7. The molecule has 0 saturated carbocycles. The van der Waals surface area contributed by atoms with Crippen molar-refractivity contribution in [1.82, 2.24) is 19.5 Å². The number of aromatic nitrogens is 4. The third kappa shape index (κ3) is 9.40. The van der Waals surface area contributed by atoms with Gasteiger partial charge in [-0.15, -0.1) is 0 Å². The zero-order valence-electron chi connectivity index (χ0n) is 21.3. The predicted molar refractivity (Wildman–Crippen MR) is 117 cm³/mol. The number of aliphatic hydroxyl groups excluding tert-OH is 6. The number of fused-ring (bicyclic) bond motifs is 1. The number of ether oxygens (including phenoxy) is 1. The number of H-pyrrole nitrogens is 1. The molecular formula is C16H23N5Na2O16P2. The van der Waals surface area contributed by atoms with E-state index in [0.717, 1.165) is 10.9 Å². The average molecular weight is 649 g/mol. The number of carbonyl (C=O) groups is 1. The molecule has 0 aliphatic carbocycles. The number of nitrogens with one attached hydrogen (secondary N) is 1. The van der Waals surface area contributed by atoms with Crippen LogP contribution in [-0.2, 0) is 32.0 Å². The SMILES string of the molecule is Nc1nc2c(ncn2[C@@H]2O[C@H](COP(=O)(O[C@H](CO)[C@@H](O)[C@H](O)[C@@H](O)C=O)OP(=O)([O-])[O-])[C@@H](O)[C@H]2O)c(=O)[nH]1.[Na+].[Na+]. The molecule has 1 unspecified atom stereocenters. The summed E-state index contributed by atoms with van der Waals surface area (Å²) in [7, 11) is -11.8. The van der Waals surface area contributed by atoms with E-state index in [2.05, 4.69) is 23.8 Å². The molecule has 41 heavy (non-hydrogen) atoms. The van der Waals surface area contributed by atoms with Gasteiger partial charge in [-0.25, -0.2) is 9.55 Å². The number of anilines is 1. The molecule has 3 rings (SSSR count). The first kappa shape index (κ1) is 38.8. The van der Waals surface area contributed by atoms with Gasteiger partial charge >= 0.3 is 66.9 Å². The third-order valence-corrected chi connectivity index (χ3v) is 7.92. The summed E-state index contributed by atoms with van der Waals surface area (Å²) in [5.74, 6) is -0.316. The van der Waals surface area contributed by atoms with E-state index in [9.17, 15) is 59.1 Å². The van der Waals surface area contributed by atoms with Crippen molar-refractivity contribution in [1.29, 1.82) is 0 Å². The standard InChI is InChI=1S/C16H25N5O16P2.2Na/c17-16-19-13-8(14(29)20-16)18-4-21(13)15-12(28)11(27)7(35-15)3-34-39(33,37-38(30,31)32)36-6(2-23)10(26)9(25)5(24)1-22;;/h1,4-7,9-12,15,23-28H,2-3H2,(H2,30,31,32)(H3,17,19,20,29);;/q;2*+1/p-2/t5-,6+,7+,9+,10+,11+,12+,15+,39?;;/m0../s1. The summed E-state index contributed by atoms with van der Waals surface area (Å²) >= 11 is 0. The molecule has 0 spiro atoms. The van der Waals surface area contributed by atoms with Crippen molar-refractivity contribution in [3.05, 3.63) is 16.7 Å². The van der Waals surface area contributed by atoms with E-state index in [0.29, 0.717) is 0 Å². The van der Waals surface area contributed by atoms with E-state index in [4.69, 9.17) is 15.0 Å². The maximum absolute atomic E-state index is 12.9. The second-order valence-electron chi connectivity index (χ2n) is 8.03. The molecule has 1 fully saturated rings. The van der Waals surface area contributed by atoms with Gasteiger partial charge in [-0.1, -0.05) is 0 Å². The number of hydrogen-bond donors (Lipinski definition) is 8. The van der Waals surface area contributed by atoms with Crippen LogP contribution in [0.3, 0.4) is 0 Å². The van der Waals surface area contributed by atoms with Crippen LogP contribution in [0.25, 0.3) is 11.2 Å². The Labute approximate surface area is 273 Å². The molecule has 1 saturated heterocycles. The van der Waals surface area contributed by atoms with Crippen LogP contribution in [0.15, 0.2) is 11.1 Å². The van der Waals surface area contributed by atoms with E-state index in [1.54, 1.807) is 0 Å². The molecule has 1 aliphatic rings. The fraction of sp³-hybridized carbons (Fsp3) is 0.625. The van der Waals surface area contributed by atoms with Crippen LogP contribution < -0.4 is 80.2 Å². The van der Waals surface area contributed by atoms with Crippen LogP contribution in [0.1, 0.15) is 6.23 Å². The Morgan fingerprint density at radius 2 is 1.83 bits per heavy atom. The minimum Gasteiger partial charge on any atom is -0.789 e. The number of phosphoric acid groups is 2. The first-order chi connectivity index (χ1) is 18.1. The average Bonchev–Trinajstić information content (AvgIpc) is 3.39. The fourth-order valence-electron chi connectivity index (χ4n) is 3.46. The molecule has 9 N–H and O–H groups in total. The Hall–Kier alpha value is -0.200. The van der Waals surface area contributed by atoms with Gasteiger partial charge in [0.1, 0.15) is 42.7 Å². The Kier molecular flexibility index (Phi) is 14.9. The number of imidazole rings is 1. The van der Waals surface area contributed by atoms with Gasteiger partial charge in [0, 0.05) is 0 Å². The molecular weight excluding hydrogens is 626 g/mol. The monoisotopic (exact) mass is 649 g/mol. The number of carbonyl (C=O) groups excluding carboxylic acids is 1.